The molecular weight excluding hydrogens is 352 g/mol. The first-order valence-electron chi connectivity index (χ1n) is 6.97. The van der Waals surface area contributed by atoms with E-state index in [9.17, 15) is 9.59 Å². The molecule has 3 aromatic rings. The van der Waals surface area contributed by atoms with E-state index in [0.717, 1.165) is 4.70 Å². The van der Waals surface area contributed by atoms with Gasteiger partial charge in [-0.1, -0.05) is 11.6 Å². The molecule has 1 aromatic carbocycles. The molecule has 7 nitrogen and oxygen atoms in total. The number of carbonyl (C=O) groups is 2. The van der Waals surface area contributed by atoms with Crippen LogP contribution in [0.2, 0.25) is 5.02 Å². The van der Waals surface area contributed by atoms with Crippen molar-refractivity contribution in [2.24, 2.45) is 0 Å². The molecule has 0 saturated heterocycles. The van der Waals surface area contributed by atoms with Gasteiger partial charge in [-0.25, -0.2) is 14.8 Å². The van der Waals surface area contributed by atoms with E-state index in [1.54, 1.807) is 41.5 Å². The van der Waals surface area contributed by atoms with E-state index in [-0.39, 0.29) is 11.6 Å². The molecule has 0 bridgehead atoms. The van der Waals surface area contributed by atoms with Gasteiger partial charge >= 0.3 is 5.97 Å². The van der Waals surface area contributed by atoms with Gasteiger partial charge in [0.05, 0.1) is 30.2 Å². The Balaban J connectivity index is 1.79. The molecule has 0 aliphatic heterocycles. The number of hydrogen-bond acceptors (Lipinski definition) is 6. The summed E-state index contributed by atoms with van der Waals surface area (Å²) in [5.74, 6) is -0.982. The van der Waals surface area contributed by atoms with Crippen molar-refractivity contribution in [2.45, 2.75) is 12.6 Å². The average molecular weight is 365 g/mol. The normalized spacial score (nSPS) is 12.1. The molecule has 9 heteroatoms. The highest BCUT2D eigenvalue weighted by atomic mass is 35.5. The van der Waals surface area contributed by atoms with Crippen LogP contribution in [-0.4, -0.2) is 39.6 Å². The largest absolute Gasteiger partial charge is 0.467 e. The number of nitrogens with one attached hydrogen (secondary N) is 1. The number of nitrogens with zero attached hydrogens (tertiary/aromatic N) is 3. The maximum absolute atomic E-state index is 12.4. The van der Waals surface area contributed by atoms with Crippen LogP contribution in [0.5, 0.6) is 0 Å². The molecular formula is C15H13ClN4O3S. The van der Waals surface area contributed by atoms with Crippen LogP contribution in [0.1, 0.15) is 9.80 Å². The zero-order chi connectivity index (χ0) is 17.1. The van der Waals surface area contributed by atoms with E-state index in [4.69, 9.17) is 16.3 Å². The fourth-order valence-electron chi connectivity index (χ4n) is 2.14. The lowest BCUT2D eigenvalue weighted by molar-refractivity contribution is -0.143. The molecule has 3 rings (SSSR count). The molecule has 124 valence electrons. The Kier molecular flexibility index (Phi) is 4.77. The van der Waals surface area contributed by atoms with Crippen molar-refractivity contribution in [3.63, 3.8) is 0 Å². The van der Waals surface area contributed by atoms with E-state index in [2.05, 4.69) is 15.3 Å². The maximum Gasteiger partial charge on any atom is 0.330 e. The first-order valence-corrected chi connectivity index (χ1v) is 8.17. The highest BCUT2D eigenvalue weighted by Crippen LogP contribution is 2.25. The van der Waals surface area contributed by atoms with E-state index < -0.39 is 17.9 Å². The molecule has 0 fully saturated rings. The van der Waals surface area contributed by atoms with E-state index >= 15 is 0 Å². The van der Waals surface area contributed by atoms with Gasteiger partial charge in [0.1, 0.15) is 6.04 Å². The van der Waals surface area contributed by atoms with Crippen molar-refractivity contribution in [2.75, 3.05) is 7.11 Å². The summed E-state index contributed by atoms with van der Waals surface area (Å²) >= 11 is 7.15. The number of benzene rings is 1. The smallest absolute Gasteiger partial charge is 0.330 e. The van der Waals surface area contributed by atoms with Crippen molar-refractivity contribution >= 4 is 45.0 Å². The minimum atomic E-state index is -0.840. The van der Waals surface area contributed by atoms with Crippen molar-refractivity contribution in [3.8, 4) is 0 Å². The summed E-state index contributed by atoms with van der Waals surface area (Å²) in [5.41, 5.74) is 0.679. The molecule has 24 heavy (non-hydrogen) atoms. The predicted octanol–water partition coefficient (Wildman–Crippen LogP) is 2.12. The maximum atomic E-state index is 12.4. The molecule has 0 aliphatic rings. The summed E-state index contributed by atoms with van der Waals surface area (Å²) in [5, 5.41) is 3.48. The Labute approximate surface area is 146 Å². The highest BCUT2D eigenvalue weighted by molar-refractivity contribution is 7.20. The number of ether oxygens (including phenoxy) is 1. The van der Waals surface area contributed by atoms with Crippen LogP contribution >= 0.6 is 22.9 Å². The van der Waals surface area contributed by atoms with Crippen LogP contribution in [-0.2, 0) is 16.1 Å². The number of amides is 1. The first kappa shape index (κ1) is 16.4. The lowest BCUT2D eigenvalue weighted by Crippen LogP contribution is -2.44. The predicted molar refractivity (Wildman–Crippen MR) is 90.1 cm³/mol. The molecule has 1 unspecified atom stereocenters. The van der Waals surface area contributed by atoms with Crippen LogP contribution in [0.25, 0.3) is 10.2 Å². The number of rotatable bonds is 5. The zero-order valence-electron chi connectivity index (χ0n) is 12.6. The van der Waals surface area contributed by atoms with Crippen molar-refractivity contribution in [1.82, 2.24) is 19.9 Å². The fourth-order valence-corrected chi connectivity index (χ4v) is 3.29. The molecule has 1 atom stereocenters. The number of aromatic nitrogens is 3. The van der Waals surface area contributed by atoms with Gasteiger partial charge in [0.25, 0.3) is 5.91 Å². The Bertz CT molecular complexity index is 878. The molecule has 2 aromatic heterocycles. The van der Waals surface area contributed by atoms with E-state index in [1.165, 1.54) is 18.4 Å². The Morgan fingerprint density at radius 1 is 1.46 bits per heavy atom. The summed E-state index contributed by atoms with van der Waals surface area (Å²) < 4.78 is 7.23. The number of esters is 1. The second kappa shape index (κ2) is 6.98. The van der Waals surface area contributed by atoms with E-state index in [0.29, 0.717) is 10.5 Å². The molecule has 2 heterocycles. The van der Waals surface area contributed by atoms with Gasteiger partial charge in [0, 0.05) is 17.4 Å². The van der Waals surface area contributed by atoms with Crippen molar-refractivity contribution in [1.29, 1.82) is 0 Å². The summed E-state index contributed by atoms with van der Waals surface area (Å²) in [4.78, 5) is 32.5. The second-order valence-electron chi connectivity index (χ2n) is 4.94. The minimum Gasteiger partial charge on any atom is -0.467 e. The number of fused-ring (bicyclic) bond motifs is 1. The SMILES string of the molecule is COC(=O)C(Cn1ccnc1)NC(=O)c1nc2ccc(Cl)cc2s1. The molecule has 0 spiro atoms. The van der Waals surface area contributed by atoms with Crippen LogP contribution in [0, 0.1) is 0 Å². The summed E-state index contributed by atoms with van der Waals surface area (Å²) in [6, 6.07) is 4.36. The Morgan fingerprint density at radius 2 is 2.29 bits per heavy atom. The van der Waals surface area contributed by atoms with Crippen LogP contribution < -0.4 is 5.32 Å². The van der Waals surface area contributed by atoms with Crippen LogP contribution in [0.15, 0.2) is 36.9 Å². The van der Waals surface area contributed by atoms with Gasteiger partial charge in [-0.2, -0.15) is 0 Å². The zero-order valence-corrected chi connectivity index (χ0v) is 14.2. The van der Waals surface area contributed by atoms with Gasteiger partial charge in [0.15, 0.2) is 5.01 Å². The average Bonchev–Trinajstić information content (AvgIpc) is 3.22. The van der Waals surface area contributed by atoms with Crippen molar-refractivity contribution in [3.05, 3.63) is 47.0 Å². The third kappa shape index (κ3) is 3.55. The van der Waals surface area contributed by atoms with Gasteiger partial charge < -0.3 is 14.6 Å². The molecule has 0 saturated carbocycles. The number of methoxy groups -OCH3 is 1. The minimum absolute atomic E-state index is 0.217. The lowest BCUT2D eigenvalue weighted by Gasteiger charge is -2.16. The van der Waals surface area contributed by atoms with Gasteiger partial charge in [-0.05, 0) is 18.2 Å². The monoisotopic (exact) mass is 364 g/mol. The van der Waals surface area contributed by atoms with Crippen molar-refractivity contribution < 1.29 is 14.3 Å². The quantitative estimate of drug-likeness (QED) is 0.701. The lowest BCUT2D eigenvalue weighted by atomic mass is 10.3. The third-order valence-corrected chi connectivity index (χ3v) is 4.54. The summed E-state index contributed by atoms with van der Waals surface area (Å²) in [6.07, 6.45) is 4.84. The Hall–Kier alpha value is -2.45. The fraction of sp³-hybridized carbons (Fsp3) is 0.200. The Morgan fingerprint density at radius 3 is 3.00 bits per heavy atom. The number of carbonyl (C=O) groups excluding carboxylic acids is 2. The highest BCUT2D eigenvalue weighted by Gasteiger charge is 2.24. The van der Waals surface area contributed by atoms with Crippen LogP contribution in [0.4, 0.5) is 0 Å². The van der Waals surface area contributed by atoms with Gasteiger partial charge in [-0.15, -0.1) is 11.3 Å². The molecule has 1 N–H and O–H groups in total. The van der Waals surface area contributed by atoms with Gasteiger partial charge in [-0.3, -0.25) is 4.79 Å². The third-order valence-electron chi connectivity index (χ3n) is 3.29. The number of halogens is 1. The number of hydrogen-bond donors (Lipinski definition) is 1. The van der Waals surface area contributed by atoms with Gasteiger partial charge in [0.2, 0.25) is 0 Å². The first-order chi connectivity index (χ1) is 11.6. The molecule has 0 radical (unpaired) electrons. The molecule has 1 amide bonds. The summed E-state index contributed by atoms with van der Waals surface area (Å²) in [7, 11) is 1.27. The summed E-state index contributed by atoms with van der Waals surface area (Å²) in [6.45, 7) is 0.217. The topological polar surface area (TPSA) is 86.1 Å². The van der Waals surface area contributed by atoms with E-state index in [1.807, 2.05) is 0 Å². The van der Waals surface area contributed by atoms with Crippen LogP contribution in [0.3, 0.4) is 0 Å². The standard InChI is InChI=1S/C15H13ClN4O3S/c1-23-15(22)11(7-20-5-4-17-8-20)18-13(21)14-19-10-3-2-9(16)6-12(10)24-14/h2-6,8,11H,7H2,1H3,(H,18,21). The second-order valence-corrected chi connectivity index (χ2v) is 6.41. The number of imidazole rings is 1. The number of thiazole rings is 1. The molecule has 0 aliphatic carbocycles.